The van der Waals surface area contributed by atoms with E-state index in [0.717, 1.165) is 16.7 Å². The molecule has 0 amide bonds. The van der Waals surface area contributed by atoms with Crippen molar-refractivity contribution in [1.82, 2.24) is 9.97 Å². The smallest absolute Gasteiger partial charge is 0.143 e. The maximum absolute atomic E-state index is 5.70. The van der Waals surface area contributed by atoms with Crippen LogP contribution in [0.4, 0.5) is 5.82 Å². The van der Waals surface area contributed by atoms with Gasteiger partial charge in [-0.25, -0.2) is 9.97 Å². The largest absolute Gasteiger partial charge is 0.365 e. The van der Waals surface area contributed by atoms with Crippen LogP contribution in [-0.4, -0.2) is 22.6 Å². The zero-order valence-electron chi connectivity index (χ0n) is 9.07. The van der Waals surface area contributed by atoms with Gasteiger partial charge in [-0.3, -0.25) is 0 Å². The molecule has 0 aliphatic heterocycles. The van der Waals surface area contributed by atoms with Gasteiger partial charge >= 0.3 is 0 Å². The number of nitrogens with one attached hydrogen (secondary N) is 1. The fourth-order valence-electron chi connectivity index (χ4n) is 1.40. The van der Waals surface area contributed by atoms with E-state index < -0.39 is 0 Å². The monoisotopic (exact) mass is 272 g/mol. The zero-order chi connectivity index (χ0) is 11.3. The molecular formula is C10H17BrN4. The second-order valence-corrected chi connectivity index (χ2v) is 4.78. The van der Waals surface area contributed by atoms with Crippen LogP contribution in [0.15, 0.2) is 17.0 Å². The lowest BCUT2D eigenvalue weighted by Gasteiger charge is -2.19. The van der Waals surface area contributed by atoms with Crippen molar-refractivity contribution in [2.75, 3.05) is 11.9 Å². The summed E-state index contributed by atoms with van der Waals surface area (Å²) in [6.45, 7) is 4.97. The fraction of sp³-hybridized carbons (Fsp3) is 0.600. The highest BCUT2D eigenvalue weighted by Crippen LogP contribution is 2.19. The summed E-state index contributed by atoms with van der Waals surface area (Å²) in [5, 5.41) is 3.31. The van der Waals surface area contributed by atoms with Gasteiger partial charge in [0.15, 0.2) is 0 Å². The Labute approximate surface area is 98.8 Å². The molecule has 3 N–H and O–H groups in total. The van der Waals surface area contributed by atoms with Crippen LogP contribution in [-0.2, 0) is 0 Å². The molecule has 0 fully saturated rings. The lowest BCUT2D eigenvalue weighted by molar-refractivity contribution is 0.520. The number of hydrogen-bond acceptors (Lipinski definition) is 4. The number of hydrogen-bond donors (Lipinski definition) is 2. The van der Waals surface area contributed by atoms with Gasteiger partial charge in [0.1, 0.15) is 12.1 Å². The third kappa shape index (κ3) is 4.13. The first kappa shape index (κ1) is 12.4. The van der Waals surface area contributed by atoms with Crippen LogP contribution in [0, 0.1) is 5.92 Å². The lowest BCUT2D eigenvalue weighted by atomic mass is 10.0. The van der Waals surface area contributed by atoms with Gasteiger partial charge in [-0.1, -0.05) is 13.8 Å². The average molecular weight is 273 g/mol. The number of nitrogens with two attached hydrogens (primary N) is 1. The Bertz CT molecular complexity index is 303. The maximum Gasteiger partial charge on any atom is 0.143 e. The molecule has 1 rings (SSSR count). The predicted molar refractivity (Wildman–Crippen MR) is 65.7 cm³/mol. The van der Waals surface area contributed by atoms with Gasteiger partial charge in [-0.05, 0) is 28.3 Å². The summed E-state index contributed by atoms with van der Waals surface area (Å²) in [4.78, 5) is 8.06. The van der Waals surface area contributed by atoms with Gasteiger partial charge in [0.2, 0.25) is 0 Å². The van der Waals surface area contributed by atoms with Gasteiger partial charge in [0.05, 0.1) is 4.47 Å². The zero-order valence-corrected chi connectivity index (χ0v) is 10.7. The van der Waals surface area contributed by atoms with E-state index in [-0.39, 0.29) is 6.04 Å². The second kappa shape index (κ2) is 6.02. The topological polar surface area (TPSA) is 63.8 Å². The van der Waals surface area contributed by atoms with E-state index in [1.807, 2.05) is 0 Å². The molecule has 0 radical (unpaired) electrons. The van der Waals surface area contributed by atoms with Gasteiger partial charge in [-0.2, -0.15) is 0 Å². The number of nitrogens with zero attached hydrogens (tertiary/aromatic N) is 2. The van der Waals surface area contributed by atoms with Crippen LogP contribution in [0.1, 0.15) is 20.3 Å². The van der Waals surface area contributed by atoms with E-state index in [9.17, 15) is 0 Å². The Morgan fingerprint density at radius 2 is 2.27 bits per heavy atom. The average Bonchev–Trinajstić information content (AvgIpc) is 2.19. The van der Waals surface area contributed by atoms with E-state index >= 15 is 0 Å². The molecule has 1 atom stereocenters. The van der Waals surface area contributed by atoms with Crippen molar-refractivity contribution in [2.24, 2.45) is 11.7 Å². The Kier molecular flexibility index (Phi) is 4.98. The lowest BCUT2D eigenvalue weighted by Crippen LogP contribution is -2.30. The normalized spacial score (nSPS) is 12.9. The molecule has 0 bridgehead atoms. The molecule has 4 nitrogen and oxygen atoms in total. The van der Waals surface area contributed by atoms with Crippen molar-refractivity contribution >= 4 is 21.7 Å². The van der Waals surface area contributed by atoms with Crippen LogP contribution in [0.3, 0.4) is 0 Å². The molecule has 0 aliphatic carbocycles. The minimum Gasteiger partial charge on any atom is -0.365 e. The molecule has 1 heterocycles. The minimum atomic E-state index is 0.260. The highest BCUT2D eigenvalue weighted by molar-refractivity contribution is 9.10. The summed E-state index contributed by atoms with van der Waals surface area (Å²) in [6, 6.07) is 0.260. The number of anilines is 1. The summed E-state index contributed by atoms with van der Waals surface area (Å²) >= 11 is 3.39. The molecular weight excluding hydrogens is 256 g/mol. The standard InChI is InChI=1S/C10H17BrN4/c1-7(2)3-8(4-12)15-10-9(11)5-13-6-14-10/h5-8H,3-4,12H2,1-2H3,(H,13,14,15). The van der Waals surface area contributed by atoms with Gasteiger partial charge in [-0.15, -0.1) is 0 Å². The molecule has 0 aromatic carbocycles. The number of halogens is 1. The molecule has 0 aliphatic rings. The van der Waals surface area contributed by atoms with Crippen molar-refractivity contribution < 1.29 is 0 Å². The van der Waals surface area contributed by atoms with Gasteiger partial charge in [0, 0.05) is 18.8 Å². The SMILES string of the molecule is CC(C)CC(CN)Nc1ncncc1Br. The summed E-state index contributed by atoms with van der Waals surface area (Å²) < 4.78 is 0.868. The summed E-state index contributed by atoms with van der Waals surface area (Å²) in [5.74, 6) is 1.42. The van der Waals surface area contributed by atoms with Crippen molar-refractivity contribution in [3.05, 3.63) is 17.0 Å². The summed E-state index contributed by atoms with van der Waals surface area (Å²) in [7, 11) is 0. The molecule has 1 aromatic rings. The quantitative estimate of drug-likeness (QED) is 0.861. The first-order chi connectivity index (χ1) is 7.13. The molecule has 5 heteroatoms. The molecule has 0 spiro atoms. The molecule has 15 heavy (non-hydrogen) atoms. The molecule has 0 saturated heterocycles. The summed E-state index contributed by atoms with van der Waals surface area (Å²) in [5.41, 5.74) is 5.70. The van der Waals surface area contributed by atoms with Gasteiger partial charge in [0.25, 0.3) is 0 Å². The Hall–Kier alpha value is -0.680. The van der Waals surface area contributed by atoms with Crippen molar-refractivity contribution in [3.63, 3.8) is 0 Å². The van der Waals surface area contributed by atoms with Crippen molar-refractivity contribution in [3.8, 4) is 0 Å². The summed E-state index contributed by atoms with van der Waals surface area (Å²) in [6.07, 6.45) is 4.28. The van der Waals surface area contributed by atoms with Crippen LogP contribution >= 0.6 is 15.9 Å². The fourth-order valence-corrected chi connectivity index (χ4v) is 1.73. The third-order valence-corrected chi connectivity index (χ3v) is 2.63. The second-order valence-electron chi connectivity index (χ2n) is 3.93. The van der Waals surface area contributed by atoms with E-state index in [2.05, 4.69) is 45.1 Å². The molecule has 1 unspecified atom stereocenters. The Balaban J connectivity index is 2.62. The first-order valence-electron chi connectivity index (χ1n) is 5.05. The number of rotatable bonds is 5. The Morgan fingerprint density at radius 1 is 1.53 bits per heavy atom. The van der Waals surface area contributed by atoms with Crippen LogP contribution in [0.25, 0.3) is 0 Å². The van der Waals surface area contributed by atoms with Crippen LogP contribution in [0.5, 0.6) is 0 Å². The number of aromatic nitrogens is 2. The van der Waals surface area contributed by atoms with E-state index in [0.29, 0.717) is 12.5 Å². The molecule has 1 aromatic heterocycles. The third-order valence-electron chi connectivity index (χ3n) is 2.05. The van der Waals surface area contributed by atoms with E-state index in [4.69, 9.17) is 5.73 Å². The minimum absolute atomic E-state index is 0.260. The first-order valence-corrected chi connectivity index (χ1v) is 5.85. The highest BCUT2D eigenvalue weighted by Gasteiger charge is 2.10. The van der Waals surface area contributed by atoms with Crippen LogP contribution in [0.2, 0.25) is 0 Å². The van der Waals surface area contributed by atoms with Crippen LogP contribution < -0.4 is 11.1 Å². The maximum atomic E-state index is 5.70. The highest BCUT2D eigenvalue weighted by atomic mass is 79.9. The van der Waals surface area contributed by atoms with Crippen molar-refractivity contribution in [1.29, 1.82) is 0 Å². The van der Waals surface area contributed by atoms with E-state index in [1.54, 1.807) is 6.20 Å². The molecule has 0 saturated carbocycles. The van der Waals surface area contributed by atoms with E-state index in [1.165, 1.54) is 6.33 Å². The molecule has 84 valence electrons. The predicted octanol–water partition coefficient (Wildman–Crippen LogP) is 2.02. The van der Waals surface area contributed by atoms with Gasteiger partial charge < -0.3 is 11.1 Å². The van der Waals surface area contributed by atoms with Crippen molar-refractivity contribution in [2.45, 2.75) is 26.3 Å². The Morgan fingerprint density at radius 3 is 2.80 bits per heavy atom.